The summed E-state index contributed by atoms with van der Waals surface area (Å²) in [6, 6.07) is 16.3. The van der Waals surface area contributed by atoms with Crippen LogP contribution in [-0.4, -0.2) is 28.4 Å². The second kappa shape index (κ2) is 8.77. The quantitative estimate of drug-likeness (QED) is 0.526. The molecule has 1 atom stereocenters. The summed E-state index contributed by atoms with van der Waals surface area (Å²) >= 11 is 3.46. The lowest BCUT2D eigenvalue weighted by Crippen LogP contribution is -2.45. The van der Waals surface area contributed by atoms with Gasteiger partial charge in [0.25, 0.3) is 0 Å². The van der Waals surface area contributed by atoms with Crippen molar-refractivity contribution in [3.05, 3.63) is 82.1 Å². The molecule has 0 spiro atoms. The Hall–Kier alpha value is -3.39. The molecular formula is C23H21BrN4O3. The highest BCUT2D eigenvalue weighted by Crippen LogP contribution is 2.35. The maximum absolute atomic E-state index is 12.8. The Morgan fingerprint density at radius 2 is 1.87 bits per heavy atom. The molecule has 0 radical (unpaired) electrons. The van der Waals surface area contributed by atoms with Crippen LogP contribution >= 0.6 is 15.9 Å². The van der Waals surface area contributed by atoms with Crippen molar-refractivity contribution < 1.29 is 14.3 Å². The van der Waals surface area contributed by atoms with E-state index in [9.17, 15) is 9.59 Å². The highest BCUT2D eigenvalue weighted by atomic mass is 79.9. The number of esters is 1. The van der Waals surface area contributed by atoms with Crippen LogP contribution in [0.3, 0.4) is 0 Å². The third kappa shape index (κ3) is 4.25. The number of hydrogen-bond donors (Lipinski definition) is 2. The fraction of sp³-hybridized carbons (Fsp3) is 0.174. The first-order chi connectivity index (χ1) is 15.0. The van der Waals surface area contributed by atoms with E-state index in [2.05, 4.69) is 26.6 Å². The molecule has 2 N–H and O–H groups in total. The molecule has 31 heavy (non-hydrogen) atoms. The molecule has 2 heterocycles. The standard InChI is InChI=1S/C23H21BrN4O3/c1-3-31-22(29)19-14(2)25-23(30)26-21(19)18-13-28(17-7-5-4-6-8-17)27-20(18)15-9-11-16(24)12-10-15/h4-13,21H,3H2,1-2H3,(H2,25,26,30)/t21-/m0/s1. The first-order valence-electron chi connectivity index (χ1n) is 9.84. The van der Waals surface area contributed by atoms with E-state index in [-0.39, 0.29) is 12.6 Å². The molecule has 1 aliphatic rings. The Kier molecular flexibility index (Phi) is 5.90. The van der Waals surface area contributed by atoms with Gasteiger partial charge in [-0.2, -0.15) is 5.10 Å². The third-order valence-electron chi connectivity index (χ3n) is 4.96. The average Bonchev–Trinajstić information content (AvgIpc) is 3.20. The van der Waals surface area contributed by atoms with Gasteiger partial charge in [-0.15, -0.1) is 0 Å². The summed E-state index contributed by atoms with van der Waals surface area (Å²) in [4.78, 5) is 25.1. The normalized spacial score (nSPS) is 16.0. The molecular weight excluding hydrogens is 460 g/mol. The van der Waals surface area contributed by atoms with Crippen LogP contribution in [-0.2, 0) is 9.53 Å². The number of hydrogen-bond acceptors (Lipinski definition) is 4. The topological polar surface area (TPSA) is 85.2 Å². The van der Waals surface area contributed by atoms with Crippen LogP contribution in [0.4, 0.5) is 4.79 Å². The number of carbonyl (C=O) groups is 2. The van der Waals surface area contributed by atoms with Gasteiger partial charge < -0.3 is 15.4 Å². The molecule has 0 unspecified atom stereocenters. The predicted octanol–water partition coefficient (Wildman–Crippen LogP) is 4.49. The van der Waals surface area contributed by atoms with Crippen LogP contribution in [0, 0.1) is 0 Å². The number of carbonyl (C=O) groups excluding carboxylic acids is 2. The van der Waals surface area contributed by atoms with Crippen molar-refractivity contribution in [1.29, 1.82) is 0 Å². The van der Waals surface area contributed by atoms with Gasteiger partial charge in [0.2, 0.25) is 0 Å². The number of nitrogens with zero attached hydrogens (tertiary/aromatic N) is 2. The van der Waals surface area contributed by atoms with Gasteiger partial charge >= 0.3 is 12.0 Å². The van der Waals surface area contributed by atoms with Gasteiger partial charge in [0, 0.05) is 27.5 Å². The largest absolute Gasteiger partial charge is 0.463 e. The minimum atomic E-state index is -0.705. The number of para-hydroxylation sites is 1. The number of aromatic nitrogens is 2. The predicted molar refractivity (Wildman–Crippen MR) is 120 cm³/mol. The Balaban J connectivity index is 1.90. The molecule has 1 aliphatic heterocycles. The minimum Gasteiger partial charge on any atom is -0.463 e. The lowest BCUT2D eigenvalue weighted by molar-refractivity contribution is -0.139. The highest BCUT2D eigenvalue weighted by Gasteiger charge is 2.35. The molecule has 2 amide bonds. The third-order valence-corrected chi connectivity index (χ3v) is 5.49. The van der Waals surface area contributed by atoms with Crippen molar-refractivity contribution in [3.63, 3.8) is 0 Å². The summed E-state index contributed by atoms with van der Waals surface area (Å²) in [6.07, 6.45) is 1.84. The Labute approximate surface area is 188 Å². The molecule has 1 aromatic heterocycles. The van der Waals surface area contributed by atoms with Crippen molar-refractivity contribution in [2.45, 2.75) is 19.9 Å². The number of rotatable bonds is 5. The van der Waals surface area contributed by atoms with Crippen molar-refractivity contribution in [2.75, 3.05) is 6.61 Å². The first-order valence-corrected chi connectivity index (χ1v) is 10.6. The Morgan fingerprint density at radius 3 is 2.55 bits per heavy atom. The van der Waals surface area contributed by atoms with E-state index in [0.717, 1.165) is 15.7 Å². The van der Waals surface area contributed by atoms with E-state index in [4.69, 9.17) is 9.84 Å². The Bertz CT molecular complexity index is 1150. The molecule has 158 valence electrons. The molecule has 0 bridgehead atoms. The fourth-order valence-electron chi connectivity index (χ4n) is 3.55. The van der Waals surface area contributed by atoms with Gasteiger partial charge in [0.05, 0.1) is 29.6 Å². The Morgan fingerprint density at radius 1 is 1.16 bits per heavy atom. The van der Waals surface area contributed by atoms with Crippen LogP contribution in [0.1, 0.15) is 25.5 Å². The average molecular weight is 481 g/mol. The number of amides is 2. The summed E-state index contributed by atoms with van der Waals surface area (Å²) in [7, 11) is 0. The van der Waals surface area contributed by atoms with Gasteiger partial charge in [-0.05, 0) is 38.1 Å². The maximum Gasteiger partial charge on any atom is 0.338 e. The minimum absolute atomic E-state index is 0.235. The van der Waals surface area contributed by atoms with Gasteiger partial charge in [-0.1, -0.05) is 46.3 Å². The zero-order chi connectivity index (χ0) is 22.0. The lowest BCUT2D eigenvalue weighted by atomic mass is 9.94. The maximum atomic E-state index is 12.8. The number of ether oxygens (including phenoxy) is 1. The van der Waals surface area contributed by atoms with E-state index in [1.165, 1.54) is 0 Å². The van der Waals surface area contributed by atoms with Crippen molar-refractivity contribution in [1.82, 2.24) is 20.4 Å². The van der Waals surface area contributed by atoms with Crippen molar-refractivity contribution in [2.24, 2.45) is 0 Å². The molecule has 0 saturated carbocycles. The van der Waals surface area contributed by atoms with Crippen LogP contribution in [0.2, 0.25) is 0 Å². The molecule has 0 fully saturated rings. The molecule has 3 aromatic rings. The van der Waals surface area contributed by atoms with E-state index in [1.54, 1.807) is 18.5 Å². The summed E-state index contributed by atoms with van der Waals surface area (Å²) < 4.78 is 7.96. The molecule has 8 heteroatoms. The number of allylic oxidation sites excluding steroid dienone is 1. The lowest BCUT2D eigenvalue weighted by Gasteiger charge is -2.27. The second-order valence-corrected chi connectivity index (χ2v) is 7.93. The summed E-state index contributed by atoms with van der Waals surface area (Å²) in [5.41, 5.74) is 3.91. The van der Waals surface area contributed by atoms with Crippen LogP contribution in [0.15, 0.2) is 76.5 Å². The molecule has 7 nitrogen and oxygen atoms in total. The number of benzene rings is 2. The number of nitrogens with one attached hydrogen (secondary N) is 2. The second-order valence-electron chi connectivity index (χ2n) is 7.01. The molecule has 2 aromatic carbocycles. The van der Waals surface area contributed by atoms with E-state index < -0.39 is 12.0 Å². The molecule has 0 saturated heterocycles. The zero-order valence-corrected chi connectivity index (χ0v) is 18.6. The smallest absolute Gasteiger partial charge is 0.338 e. The summed E-state index contributed by atoms with van der Waals surface area (Å²) in [6.45, 7) is 3.68. The van der Waals surface area contributed by atoms with E-state index in [0.29, 0.717) is 22.5 Å². The van der Waals surface area contributed by atoms with Gasteiger partial charge in [0.1, 0.15) is 0 Å². The van der Waals surface area contributed by atoms with Gasteiger partial charge in [-0.3, -0.25) is 0 Å². The van der Waals surface area contributed by atoms with E-state index >= 15 is 0 Å². The highest BCUT2D eigenvalue weighted by molar-refractivity contribution is 9.10. The van der Waals surface area contributed by atoms with Crippen LogP contribution in [0.25, 0.3) is 16.9 Å². The summed E-state index contributed by atoms with van der Waals surface area (Å²) in [5.74, 6) is -0.480. The van der Waals surface area contributed by atoms with Crippen LogP contribution in [0.5, 0.6) is 0 Å². The van der Waals surface area contributed by atoms with Crippen molar-refractivity contribution in [3.8, 4) is 16.9 Å². The zero-order valence-electron chi connectivity index (χ0n) is 17.1. The van der Waals surface area contributed by atoms with E-state index in [1.807, 2.05) is 60.8 Å². The van der Waals surface area contributed by atoms with Gasteiger partial charge in [0.15, 0.2) is 0 Å². The molecule has 0 aliphatic carbocycles. The number of urea groups is 1. The monoisotopic (exact) mass is 480 g/mol. The first kappa shape index (κ1) is 20.9. The van der Waals surface area contributed by atoms with Crippen LogP contribution < -0.4 is 10.6 Å². The summed E-state index contributed by atoms with van der Waals surface area (Å²) in [5, 5.41) is 10.3. The van der Waals surface area contributed by atoms with Gasteiger partial charge in [-0.25, -0.2) is 14.3 Å². The van der Waals surface area contributed by atoms with Crippen molar-refractivity contribution >= 4 is 27.9 Å². The molecule has 4 rings (SSSR count). The SMILES string of the molecule is CCOC(=O)C1=C(C)NC(=O)N[C@H]1c1cn(-c2ccccc2)nc1-c1ccc(Br)cc1. The fourth-order valence-corrected chi connectivity index (χ4v) is 3.81. The number of halogens is 1.